The van der Waals surface area contributed by atoms with E-state index in [-0.39, 0.29) is 5.41 Å². The van der Waals surface area contributed by atoms with Crippen molar-refractivity contribution < 1.29 is 4.74 Å². The van der Waals surface area contributed by atoms with Gasteiger partial charge >= 0.3 is 0 Å². The number of hydrogen-bond acceptors (Lipinski definition) is 2. The predicted octanol–water partition coefficient (Wildman–Crippen LogP) is 3.85. The molecule has 108 valence electrons. The van der Waals surface area contributed by atoms with Crippen LogP contribution in [0.3, 0.4) is 0 Å². The smallest absolute Gasteiger partial charge is 0.0628 e. The van der Waals surface area contributed by atoms with E-state index in [1.165, 1.54) is 19.3 Å². The summed E-state index contributed by atoms with van der Waals surface area (Å²) in [7, 11) is 0. The molecule has 0 radical (unpaired) electrons. The zero-order chi connectivity index (χ0) is 13.8. The van der Waals surface area contributed by atoms with Gasteiger partial charge in [-0.15, -0.1) is 0 Å². The molecule has 0 bridgehead atoms. The molecule has 1 rings (SSSR count). The molecule has 1 aliphatic carbocycles. The van der Waals surface area contributed by atoms with Gasteiger partial charge in [0.15, 0.2) is 0 Å². The lowest BCUT2D eigenvalue weighted by Gasteiger charge is -2.35. The Bertz CT molecular complexity index is 224. The van der Waals surface area contributed by atoms with Gasteiger partial charge in [-0.2, -0.15) is 0 Å². The van der Waals surface area contributed by atoms with Crippen molar-refractivity contribution in [2.24, 2.45) is 17.3 Å². The molecule has 0 amide bonds. The summed E-state index contributed by atoms with van der Waals surface area (Å²) >= 11 is 0. The standard InChI is InChI=1S/C16H33NO/c1-7-17-15(16(4,5)6)11-18-14-9-12(2)8-13(3)10-14/h12-15,17H,7-11H2,1-6H3. The highest BCUT2D eigenvalue weighted by molar-refractivity contribution is 4.81. The van der Waals surface area contributed by atoms with E-state index < -0.39 is 0 Å². The fourth-order valence-electron chi connectivity index (χ4n) is 3.10. The average Bonchev–Trinajstić information content (AvgIpc) is 2.21. The Morgan fingerprint density at radius 2 is 1.67 bits per heavy atom. The van der Waals surface area contributed by atoms with E-state index in [1.807, 2.05) is 0 Å². The molecule has 0 spiro atoms. The van der Waals surface area contributed by atoms with E-state index in [1.54, 1.807) is 0 Å². The number of hydrogen-bond donors (Lipinski definition) is 1. The number of likely N-dealkylation sites (N-methyl/N-ethyl adjacent to an activating group) is 1. The highest BCUT2D eigenvalue weighted by Crippen LogP contribution is 2.31. The first-order valence-corrected chi connectivity index (χ1v) is 7.67. The van der Waals surface area contributed by atoms with E-state index in [0.29, 0.717) is 12.1 Å². The molecular weight excluding hydrogens is 222 g/mol. The molecular formula is C16H33NO. The molecule has 3 unspecified atom stereocenters. The molecule has 0 heterocycles. The van der Waals surface area contributed by atoms with Crippen molar-refractivity contribution in [3.63, 3.8) is 0 Å². The fourth-order valence-corrected chi connectivity index (χ4v) is 3.10. The monoisotopic (exact) mass is 255 g/mol. The second-order valence-corrected chi connectivity index (χ2v) is 7.35. The first-order valence-electron chi connectivity index (χ1n) is 7.67. The SMILES string of the molecule is CCNC(COC1CC(C)CC(C)C1)C(C)(C)C. The van der Waals surface area contributed by atoms with Gasteiger partial charge in [0.2, 0.25) is 0 Å². The lowest BCUT2D eigenvalue weighted by Crippen LogP contribution is -2.45. The Kier molecular flexibility index (Phi) is 6.13. The van der Waals surface area contributed by atoms with Crippen LogP contribution in [0, 0.1) is 17.3 Å². The van der Waals surface area contributed by atoms with Crippen molar-refractivity contribution in [1.82, 2.24) is 5.32 Å². The van der Waals surface area contributed by atoms with Crippen LogP contribution in [0.1, 0.15) is 60.8 Å². The summed E-state index contributed by atoms with van der Waals surface area (Å²) in [5, 5.41) is 3.56. The molecule has 1 fully saturated rings. The Labute approximate surface area is 114 Å². The van der Waals surface area contributed by atoms with Crippen LogP contribution in [0.5, 0.6) is 0 Å². The third kappa shape index (κ3) is 5.27. The minimum atomic E-state index is 0.266. The molecule has 1 aliphatic rings. The highest BCUT2D eigenvalue weighted by atomic mass is 16.5. The maximum Gasteiger partial charge on any atom is 0.0628 e. The van der Waals surface area contributed by atoms with E-state index in [2.05, 4.69) is 46.9 Å². The van der Waals surface area contributed by atoms with Crippen LogP contribution in [0.15, 0.2) is 0 Å². The van der Waals surface area contributed by atoms with Crippen molar-refractivity contribution in [3.05, 3.63) is 0 Å². The summed E-state index contributed by atoms with van der Waals surface area (Å²) < 4.78 is 6.20. The predicted molar refractivity (Wildman–Crippen MR) is 78.8 cm³/mol. The molecule has 2 heteroatoms. The Balaban J connectivity index is 2.41. The third-order valence-electron chi connectivity index (χ3n) is 4.13. The highest BCUT2D eigenvalue weighted by Gasteiger charge is 2.28. The number of ether oxygens (including phenoxy) is 1. The zero-order valence-corrected chi connectivity index (χ0v) is 13.3. The molecule has 18 heavy (non-hydrogen) atoms. The zero-order valence-electron chi connectivity index (χ0n) is 13.3. The van der Waals surface area contributed by atoms with Crippen LogP contribution in [-0.4, -0.2) is 25.3 Å². The van der Waals surface area contributed by atoms with Gasteiger partial charge in [-0.1, -0.05) is 41.5 Å². The van der Waals surface area contributed by atoms with Crippen molar-refractivity contribution in [1.29, 1.82) is 0 Å². The van der Waals surface area contributed by atoms with Gasteiger partial charge < -0.3 is 10.1 Å². The van der Waals surface area contributed by atoms with Gasteiger partial charge in [0.05, 0.1) is 12.7 Å². The molecule has 0 aromatic heterocycles. The second kappa shape index (κ2) is 6.91. The summed E-state index contributed by atoms with van der Waals surface area (Å²) in [5.41, 5.74) is 0.266. The molecule has 2 nitrogen and oxygen atoms in total. The summed E-state index contributed by atoms with van der Waals surface area (Å²) in [6.45, 7) is 15.6. The van der Waals surface area contributed by atoms with Crippen LogP contribution < -0.4 is 5.32 Å². The van der Waals surface area contributed by atoms with E-state index in [0.717, 1.165) is 25.0 Å². The van der Waals surface area contributed by atoms with Gasteiger partial charge in [0.25, 0.3) is 0 Å². The van der Waals surface area contributed by atoms with E-state index in [9.17, 15) is 0 Å². The van der Waals surface area contributed by atoms with E-state index >= 15 is 0 Å². The van der Waals surface area contributed by atoms with Gasteiger partial charge in [-0.25, -0.2) is 0 Å². The normalized spacial score (nSPS) is 31.3. The first-order chi connectivity index (χ1) is 8.32. The van der Waals surface area contributed by atoms with Crippen molar-refractivity contribution in [3.8, 4) is 0 Å². The van der Waals surface area contributed by atoms with Gasteiger partial charge in [0, 0.05) is 6.04 Å². The Morgan fingerprint density at radius 3 is 2.11 bits per heavy atom. The summed E-state index contributed by atoms with van der Waals surface area (Å²) in [4.78, 5) is 0. The van der Waals surface area contributed by atoms with Gasteiger partial charge in [0.1, 0.15) is 0 Å². The summed E-state index contributed by atoms with van der Waals surface area (Å²) in [5.74, 6) is 1.65. The maximum atomic E-state index is 6.20. The minimum absolute atomic E-state index is 0.266. The van der Waals surface area contributed by atoms with Crippen LogP contribution in [0.2, 0.25) is 0 Å². The molecule has 1 saturated carbocycles. The average molecular weight is 255 g/mol. The number of rotatable bonds is 5. The molecule has 0 aromatic carbocycles. The summed E-state index contributed by atoms with van der Waals surface area (Å²) in [6, 6.07) is 0.454. The molecule has 1 N–H and O–H groups in total. The van der Waals surface area contributed by atoms with Crippen molar-refractivity contribution in [2.75, 3.05) is 13.2 Å². The van der Waals surface area contributed by atoms with E-state index in [4.69, 9.17) is 4.74 Å². The van der Waals surface area contributed by atoms with Crippen molar-refractivity contribution in [2.45, 2.75) is 73.0 Å². The van der Waals surface area contributed by atoms with Crippen LogP contribution in [0.4, 0.5) is 0 Å². The lowest BCUT2D eigenvalue weighted by molar-refractivity contribution is -0.0220. The minimum Gasteiger partial charge on any atom is -0.377 e. The molecule has 0 saturated heterocycles. The molecule has 0 aliphatic heterocycles. The summed E-state index contributed by atoms with van der Waals surface area (Å²) in [6.07, 6.45) is 4.34. The van der Waals surface area contributed by atoms with Crippen LogP contribution in [-0.2, 0) is 4.74 Å². The molecule has 0 aromatic rings. The Hall–Kier alpha value is -0.0800. The molecule has 3 atom stereocenters. The van der Waals surface area contributed by atoms with Gasteiger partial charge in [-0.3, -0.25) is 0 Å². The second-order valence-electron chi connectivity index (χ2n) is 7.35. The third-order valence-corrected chi connectivity index (χ3v) is 4.13. The van der Waals surface area contributed by atoms with Crippen molar-refractivity contribution >= 4 is 0 Å². The topological polar surface area (TPSA) is 21.3 Å². The Morgan fingerprint density at radius 1 is 1.11 bits per heavy atom. The largest absolute Gasteiger partial charge is 0.377 e. The van der Waals surface area contributed by atoms with Gasteiger partial charge in [-0.05, 0) is 43.1 Å². The van der Waals surface area contributed by atoms with Crippen LogP contribution >= 0.6 is 0 Å². The quantitative estimate of drug-likeness (QED) is 0.805. The maximum absolute atomic E-state index is 6.20. The lowest BCUT2D eigenvalue weighted by atomic mass is 9.81. The first kappa shape index (κ1) is 16.0. The number of nitrogens with one attached hydrogen (secondary N) is 1. The fraction of sp³-hybridized carbons (Fsp3) is 1.00. The van der Waals surface area contributed by atoms with Crippen LogP contribution in [0.25, 0.3) is 0 Å².